The van der Waals surface area contributed by atoms with Crippen LogP contribution in [0.15, 0.2) is 12.3 Å². The molecule has 2 atom stereocenters. The highest BCUT2D eigenvalue weighted by molar-refractivity contribution is 5.91. The maximum Gasteiger partial charge on any atom is 0.308 e. The highest BCUT2D eigenvalue weighted by Gasteiger charge is 2.36. The molecule has 1 aliphatic heterocycles. The summed E-state index contributed by atoms with van der Waals surface area (Å²) in [6, 6.07) is 1.80. The number of hydrogen-bond donors (Lipinski definition) is 2. The van der Waals surface area contributed by atoms with E-state index in [0.29, 0.717) is 18.8 Å². The Labute approximate surface area is 123 Å². The van der Waals surface area contributed by atoms with E-state index >= 15 is 0 Å². The van der Waals surface area contributed by atoms with Gasteiger partial charge >= 0.3 is 5.97 Å². The van der Waals surface area contributed by atoms with E-state index in [1.165, 1.54) is 0 Å². The number of anilines is 1. The van der Waals surface area contributed by atoms with Crippen LogP contribution in [0.5, 0.6) is 0 Å². The topological polar surface area (TPSA) is 87.5 Å². The summed E-state index contributed by atoms with van der Waals surface area (Å²) < 4.78 is 1.74. The molecule has 21 heavy (non-hydrogen) atoms. The summed E-state index contributed by atoms with van der Waals surface area (Å²) in [4.78, 5) is 25.1. The van der Waals surface area contributed by atoms with E-state index in [9.17, 15) is 9.59 Å². The molecule has 0 aliphatic carbocycles. The first kappa shape index (κ1) is 15.5. The van der Waals surface area contributed by atoms with Crippen molar-refractivity contribution < 1.29 is 14.7 Å². The van der Waals surface area contributed by atoms with Gasteiger partial charge in [-0.3, -0.25) is 14.5 Å². The Morgan fingerprint density at radius 3 is 2.81 bits per heavy atom. The number of carboxylic acid groups (broad SMARTS) is 1. The van der Waals surface area contributed by atoms with Crippen LogP contribution in [-0.4, -0.2) is 50.8 Å². The molecular weight excluding hydrogens is 272 g/mol. The zero-order chi connectivity index (χ0) is 15.6. The molecule has 1 amide bonds. The van der Waals surface area contributed by atoms with Crippen LogP contribution in [0.3, 0.4) is 0 Å². The van der Waals surface area contributed by atoms with Crippen LogP contribution < -0.4 is 5.32 Å². The van der Waals surface area contributed by atoms with Gasteiger partial charge in [0.15, 0.2) is 0 Å². The Hall–Kier alpha value is -1.89. The number of nitrogens with zero attached hydrogens (tertiary/aromatic N) is 3. The number of carboxylic acids is 1. The van der Waals surface area contributed by atoms with Gasteiger partial charge < -0.3 is 10.4 Å². The largest absolute Gasteiger partial charge is 0.481 e. The number of rotatable bonds is 5. The Bertz CT molecular complexity index is 526. The van der Waals surface area contributed by atoms with Crippen LogP contribution in [-0.2, 0) is 9.59 Å². The summed E-state index contributed by atoms with van der Waals surface area (Å²) in [5.41, 5.74) is 0. The number of aliphatic carboxylic acids is 1. The number of likely N-dealkylation sites (tertiary alicyclic amines) is 1. The van der Waals surface area contributed by atoms with Gasteiger partial charge in [0.1, 0.15) is 5.82 Å². The molecule has 1 aromatic heterocycles. The van der Waals surface area contributed by atoms with Gasteiger partial charge in [-0.25, -0.2) is 4.68 Å². The first-order valence-corrected chi connectivity index (χ1v) is 7.20. The predicted molar refractivity (Wildman–Crippen MR) is 78.0 cm³/mol. The SMILES string of the molecule is CC1C(C(=O)O)CCN1CC(=O)Nc1ccnn1C(C)C. The maximum atomic E-state index is 12.1. The molecule has 1 saturated heterocycles. The van der Waals surface area contributed by atoms with Crippen LogP contribution in [0.4, 0.5) is 5.82 Å². The van der Waals surface area contributed by atoms with Crippen molar-refractivity contribution in [1.82, 2.24) is 14.7 Å². The van der Waals surface area contributed by atoms with E-state index in [2.05, 4.69) is 10.4 Å². The van der Waals surface area contributed by atoms with Crippen molar-refractivity contribution in [3.05, 3.63) is 12.3 Å². The molecule has 2 heterocycles. The highest BCUT2D eigenvalue weighted by Crippen LogP contribution is 2.24. The number of hydrogen-bond acceptors (Lipinski definition) is 4. The third kappa shape index (κ3) is 3.41. The van der Waals surface area contributed by atoms with E-state index < -0.39 is 5.97 Å². The number of carbonyl (C=O) groups is 2. The third-order valence-electron chi connectivity index (χ3n) is 3.98. The fraction of sp³-hybridized carbons (Fsp3) is 0.643. The second-order valence-electron chi connectivity index (χ2n) is 5.75. The van der Waals surface area contributed by atoms with Gasteiger partial charge in [-0.1, -0.05) is 0 Å². The molecule has 1 aromatic rings. The van der Waals surface area contributed by atoms with Gasteiger partial charge in [0.05, 0.1) is 18.7 Å². The minimum Gasteiger partial charge on any atom is -0.481 e. The Balaban J connectivity index is 1.94. The monoisotopic (exact) mass is 294 g/mol. The van der Waals surface area contributed by atoms with Gasteiger partial charge in [0, 0.05) is 18.2 Å². The first-order chi connectivity index (χ1) is 9.90. The fourth-order valence-electron chi connectivity index (χ4n) is 2.75. The molecule has 2 unspecified atom stereocenters. The molecule has 7 heteroatoms. The lowest BCUT2D eigenvalue weighted by molar-refractivity contribution is -0.142. The molecule has 2 rings (SSSR count). The quantitative estimate of drug-likeness (QED) is 0.852. The van der Waals surface area contributed by atoms with E-state index in [4.69, 9.17) is 5.11 Å². The second kappa shape index (κ2) is 6.26. The van der Waals surface area contributed by atoms with Crippen molar-refractivity contribution in [3.8, 4) is 0 Å². The number of carbonyl (C=O) groups excluding carboxylic acids is 1. The summed E-state index contributed by atoms with van der Waals surface area (Å²) >= 11 is 0. The van der Waals surface area contributed by atoms with Crippen LogP contribution in [0.25, 0.3) is 0 Å². The van der Waals surface area contributed by atoms with Gasteiger partial charge in [-0.2, -0.15) is 5.10 Å². The normalized spacial score (nSPS) is 22.7. The first-order valence-electron chi connectivity index (χ1n) is 7.20. The molecular formula is C14H22N4O3. The van der Waals surface area contributed by atoms with Crippen molar-refractivity contribution in [2.75, 3.05) is 18.4 Å². The molecule has 116 valence electrons. The summed E-state index contributed by atoms with van der Waals surface area (Å²) in [5.74, 6) is -0.658. The fourth-order valence-corrected chi connectivity index (χ4v) is 2.75. The third-order valence-corrected chi connectivity index (χ3v) is 3.98. The maximum absolute atomic E-state index is 12.1. The Morgan fingerprint density at radius 1 is 1.52 bits per heavy atom. The Morgan fingerprint density at radius 2 is 2.24 bits per heavy atom. The van der Waals surface area contributed by atoms with E-state index in [1.807, 2.05) is 25.7 Å². The van der Waals surface area contributed by atoms with Crippen LogP contribution >= 0.6 is 0 Å². The van der Waals surface area contributed by atoms with Crippen molar-refractivity contribution in [2.45, 2.75) is 39.3 Å². The van der Waals surface area contributed by atoms with Crippen LogP contribution in [0, 0.1) is 5.92 Å². The highest BCUT2D eigenvalue weighted by atomic mass is 16.4. The lowest BCUT2D eigenvalue weighted by Crippen LogP contribution is -2.38. The minimum absolute atomic E-state index is 0.122. The van der Waals surface area contributed by atoms with Gasteiger partial charge in [0.25, 0.3) is 0 Å². The van der Waals surface area contributed by atoms with Crippen molar-refractivity contribution >= 4 is 17.7 Å². The van der Waals surface area contributed by atoms with E-state index in [0.717, 1.165) is 0 Å². The molecule has 7 nitrogen and oxygen atoms in total. The van der Waals surface area contributed by atoms with Crippen molar-refractivity contribution in [1.29, 1.82) is 0 Å². The average molecular weight is 294 g/mol. The lowest BCUT2D eigenvalue weighted by Gasteiger charge is -2.22. The lowest BCUT2D eigenvalue weighted by atomic mass is 10.0. The molecule has 1 fully saturated rings. The van der Waals surface area contributed by atoms with Crippen LogP contribution in [0.1, 0.15) is 33.2 Å². The van der Waals surface area contributed by atoms with E-state index in [-0.39, 0.29) is 30.5 Å². The van der Waals surface area contributed by atoms with Crippen molar-refractivity contribution in [3.63, 3.8) is 0 Å². The summed E-state index contributed by atoms with van der Waals surface area (Å²) in [7, 11) is 0. The zero-order valence-corrected chi connectivity index (χ0v) is 12.6. The molecule has 0 saturated carbocycles. The van der Waals surface area contributed by atoms with E-state index in [1.54, 1.807) is 16.9 Å². The van der Waals surface area contributed by atoms with Gasteiger partial charge in [0.2, 0.25) is 5.91 Å². The minimum atomic E-state index is -0.789. The smallest absolute Gasteiger partial charge is 0.308 e. The summed E-state index contributed by atoms with van der Waals surface area (Å²) in [6.07, 6.45) is 2.24. The molecule has 2 N–H and O–H groups in total. The van der Waals surface area contributed by atoms with Gasteiger partial charge in [-0.15, -0.1) is 0 Å². The zero-order valence-electron chi connectivity index (χ0n) is 12.6. The molecule has 0 aromatic carbocycles. The molecule has 0 bridgehead atoms. The number of aromatic nitrogens is 2. The predicted octanol–water partition coefficient (Wildman–Crippen LogP) is 1.20. The molecule has 0 spiro atoms. The Kier molecular flexibility index (Phi) is 4.62. The number of nitrogens with one attached hydrogen (secondary N) is 1. The average Bonchev–Trinajstić information content (AvgIpc) is 2.97. The van der Waals surface area contributed by atoms with Crippen LogP contribution in [0.2, 0.25) is 0 Å². The van der Waals surface area contributed by atoms with Crippen molar-refractivity contribution in [2.24, 2.45) is 5.92 Å². The number of amides is 1. The van der Waals surface area contributed by atoms with Gasteiger partial charge in [-0.05, 0) is 33.7 Å². The molecule has 0 radical (unpaired) electrons. The second-order valence-corrected chi connectivity index (χ2v) is 5.75. The summed E-state index contributed by atoms with van der Waals surface area (Å²) in [6.45, 7) is 6.67. The summed E-state index contributed by atoms with van der Waals surface area (Å²) in [5, 5.41) is 16.1. The molecule has 1 aliphatic rings. The standard InChI is InChI=1S/C14H22N4O3/c1-9(2)18-12(4-6-15-18)16-13(19)8-17-7-5-11(10(17)3)14(20)21/h4,6,9-11H,5,7-8H2,1-3H3,(H,16,19)(H,20,21).